The van der Waals surface area contributed by atoms with Crippen LogP contribution in [0.25, 0.3) is 0 Å². The highest BCUT2D eigenvalue weighted by Crippen LogP contribution is 2.39. The number of benzene rings is 1. The van der Waals surface area contributed by atoms with E-state index < -0.39 is 9.84 Å². The first-order valence-electron chi connectivity index (χ1n) is 12.4. The Kier molecular flexibility index (Phi) is 7.11. The Morgan fingerprint density at radius 2 is 1.84 bits per heavy atom. The number of aromatic nitrogens is 4. The second kappa shape index (κ2) is 10.5. The number of nitrogens with one attached hydrogen (secondary N) is 3. The maximum Gasteiger partial charge on any atom is 0.238 e. The summed E-state index contributed by atoms with van der Waals surface area (Å²) in [5.74, 6) is 2.60. The van der Waals surface area contributed by atoms with E-state index >= 15 is 0 Å². The molecule has 0 atom stereocenters. The molecule has 0 bridgehead atoms. The van der Waals surface area contributed by atoms with Crippen molar-refractivity contribution in [3.05, 3.63) is 48.3 Å². The number of hydrogen-bond acceptors (Lipinski definition) is 9. The number of piperidine rings is 1. The number of nitrogens with zero attached hydrogens (tertiary/aromatic N) is 5. The molecular formula is C25H32N8O3S. The molecule has 5 rings (SSSR count). The third-order valence-electron chi connectivity index (χ3n) is 6.87. The average Bonchev–Trinajstić information content (AvgIpc) is 3.63. The van der Waals surface area contributed by atoms with Gasteiger partial charge in [0.1, 0.15) is 5.82 Å². The van der Waals surface area contributed by atoms with Gasteiger partial charge in [-0.2, -0.15) is 10.1 Å². The number of amides is 1. The zero-order chi connectivity index (χ0) is 26.0. The van der Waals surface area contributed by atoms with Crippen molar-refractivity contribution in [1.29, 1.82) is 0 Å². The van der Waals surface area contributed by atoms with Gasteiger partial charge in [0.05, 0.1) is 11.4 Å². The first-order valence-corrected chi connectivity index (χ1v) is 14.3. The highest BCUT2D eigenvalue weighted by atomic mass is 32.2. The second-order valence-corrected chi connectivity index (χ2v) is 11.8. The highest BCUT2D eigenvalue weighted by molar-refractivity contribution is 7.90. The first kappa shape index (κ1) is 25.2. The van der Waals surface area contributed by atoms with Crippen molar-refractivity contribution in [3.63, 3.8) is 0 Å². The summed E-state index contributed by atoms with van der Waals surface area (Å²) >= 11 is 0. The molecule has 3 aromatic rings. The summed E-state index contributed by atoms with van der Waals surface area (Å²) < 4.78 is 23.2. The van der Waals surface area contributed by atoms with Crippen LogP contribution < -0.4 is 15.5 Å². The topological polar surface area (TPSA) is 136 Å². The minimum atomic E-state index is -3.26. The number of aromatic amines is 1. The van der Waals surface area contributed by atoms with E-state index in [1.807, 2.05) is 19.2 Å². The van der Waals surface area contributed by atoms with Crippen molar-refractivity contribution >= 4 is 39.0 Å². The van der Waals surface area contributed by atoms with Crippen LogP contribution in [-0.2, 0) is 14.6 Å². The van der Waals surface area contributed by atoms with E-state index in [1.54, 1.807) is 18.3 Å². The van der Waals surface area contributed by atoms with E-state index in [0.717, 1.165) is 38.0 Å². The average molecular weight is 525 g/mol. The Bertz CT molecular complexity index is 1350. The molecule has 1 amide bonds. The lowest BCUT2D eigenvalue weighted by atomic mass is 10.0. The fourth-order valence-corrected chi connectivity index (χ4v) is 5.17. The molecular weight excluding hydrogens is 492 g/mol. The van der Waals surface area contributed by atoms with Gasteiger partial charge in [0.2, 0.25) is 11.9 Å². The zero-order valence-corrected chi connectivity index (χ0v) is 21.8. The molecule has 2 aromatic heterocycles. The van der Waals surface area contributed by atoms with E-state index in [-0.39, 0.29) is 23.4 Å². The third kappa shape index (κ3) is 6.44. The van der Waals surface area contributed by atoms with Crippen LogP contribution >= 0.6 is 0 Å². The van der Waals surface area contributed by atoms with Crippen molar-refractivity contribution in [1.82, 2.24) is 25.1 Å². The van der Waals surface area contributed by atoms with Gasteiger partial charge in [-0.3, -0.25) is 14.8 Å². The molecule has 196 valence electrons. The molecule has 0 radical (unpaired) electrons. The predicted molar refractivity (Wildman–Crippen MR) is 142 cm³/mol. The molecule has 37 heavy (non-hydrogen) atoms. The number of rotatable bonds is 9. The quantitative estimate of drug-likeness (QED) is 0.386. The Balaban J connectivity index is 1.10. The smallest absolute Gasteiger partial charge is 0.238 e. The van der Waals surface area contributed by atoms with Gasteiger partial charge in [0, 0.05) is 62.0 Å². The maximum absolute atomic E-state index is 12.5. The molecule has 3 N–H and O–H groups in total. The van der Waals surface area contributed by atoms with Crippen molar-refractivity contribution in [3.8, 4) is 0 Å². The number of H-pyrrole nitrogens is 1. The lowest BCUT2D eigenvalue weighted by Crippen LogP contribution is -2.46. The van der Waals surface area contributed by atoms with Crippen LogP contribution in [-0.4, -0.2) is 78.4 Å². The van der Waals surface area contributed by atoms with E-state index in [2.05, 4.69) is 40.6 Å². The maximum atomic E-state index is 12.5. The molecule has 0 unspecified atom stereocenters. The van der Waals surface area contributed by atoms with E-state index in [0.29, 0.717) is 23.4 Å². The molecule has 2 fully saturated rings. The van der Waals surface area contributed by atoms with Crippen LogP contribution in [0.1, 0.15) is 37.3 Å². The summed E-state index contributed by atoms with van der Waals surface area (Å²) in [4.78, 5) is 26.1. The minimum Gasteiger partial charge on any atom is -0.341 e. The molecule has 12 heteroatoms. The first-order chi connectivity index (χ1) is 17.7. The standard InChI is InChI=1S/C25H32N8O3S/c1-32(25-26-12-9-22(29-25)28-23-15-21(30-31-23)17-3-4-17)19-10-13-33(14-11-19)16-24(34)27-18-5-7-20(8-6-18)37(2,35)36/h5-9,12,15,17,19H,3-4,10-11,13-14,16H2,1-2H3,(H,27,34)(H2,26,28,29,30,31). The largest absolute Gasteiger partial charge is 0.341 e. The van der Waals surface area contributed by atoms with Crippen molar-refractivity contribution in [2.24, 2.45) is 0 Å². The van der Waals surface area contributed by atoms with Crippen LogP contribution in [0.3, 0.4) is 0 Å². The summed E-state index contributed by atoms with van der Waals surface area (Å²) in [5, 5.41) is 13.5. The predicted octanol–water partition coefficient (Wildman–Crippen LogP) is 2.76. The molecule has 11 nitrogen and oxygen atoms in total. The molecule has 1 aliphatic carbocycles. The van der Waals surface area contributed by atoms with Gasteiger partial charge < -0.3 is 15.5 Å². The Morgan fingerprint density at radius 3 is 2.51 bits per heavy atom. The molecule has 1 saturated carbocycles. The van der Waals surface area contributed by atoms with Gasteiger partial charge >= 0.3 is 0 Å². The number of sulfone groups is 1. The minimum absolute atomic E-state index is 0.121. The molecule has 1 saturated heterocycles. The fraction of sp³-hybridized carbons (Fsp3) is 0.440. The zero-order valence-electron chi connectivity index (χ0n) is 21.0. The number of carbonyl (C=O) groups is 1. The Hall–Kier alpha value is -3.51. The number of likely N-dealkylation sites (tertiary alicyclic amines) is 1. The molecule has 1 aromatic carbocycles. The van der Waals surface area contributed by atoms with Crippen LogP contribution in [0.15, 0.2) is 47.5 Å². The Morgan fingerprint density at radius 1 is 1.11 bits per heavy atom. The summed E-state index contributed by atoms with van der Waals surface area (Å²) in [6.07, 6.45) is 7.11. The van der Waals surface area contributed by atoms with Crippen molar-refractivity contribution in [2.45, 2.75) is 42.5 Å². The summed E-state index contributed by atoms with van der Waals surface area (Å²) in [5.41, 5.74) is 1.75. The lowest BCUT2D eigenvalue weighted by Gasteiger charge is -2.36. The second-order valence-electron chi connectivity index (χ2n) is 9.81. The summed E-state index contributed by atoms with van der Waals surface area (Å²) in [6, 6.07) is 10.4. The number of carbonyl (C=O) groups excluding carboxylic acids is 1. The number of hydrogen-bond donors (Lipinski definition) is 3. The summed E-state index contributed by atoms with van der Waals surface area (Å²) in [7, 11) is -1.26. The molecule has 0 spiro atoms. The van der Waals surface area contributed by atoms with Crippen LogP contribution in [0.5, 0.6) is 0 Å². The van der Waals surface area contributed by atoms with Gasteiger partial charge in [-0.15, -0.1) is 0 Å². The van der Waals surface area contributed by atoms with E-state index in [1.165, 1.54) is 30.7 Å². The van der Waals surface area contributed by atoms with Gasteiger partial charge in [0.15, 0.2) is 15.7 Å². The van der Waals surface area contributed by atoms with Gasteiger partial charge in [-0.1, -0.05) is 0 Å². The number of anilines is 4. The van der Waals surface area contributed by atoms with Crippen molar-refractivity contribution < 1.29 is 13.2 Å². The molecule has 3 heterocycles. The lowest BCUT2D eigenvalue weighted by molar-refractivity contribution is -0.117. The monoisotopic (exact) mass is 524 g/mol. The highest BCUT2D eigenvalue weighted by Gasteiger charge is 2.26. The molecule has 1 aliphatic heterocycles. The van der Waals surface area contributed by atoms with Crippen LogP contribution in [0.2, 0.25) is 0 Å². The SMILES string of the molecule is CN(c1nccc(Nc2cc(C3CC3)[nH]n2)n1)C1CCN(CC(=O)Nc2ccc(S(C)(=O)=O)cc2)CC1. The van der Waals surface area contributed by atoms with Gasteiger partial charge in [-0.05, 0) is 56.0 Å². The van der Waals surface area contributed by atoms with Gasteiger partial charge in [0.25, 0.3) is 0 Å². The third-order valence-corrected chi connectivity index (χ3v) is 8.00. The van der Waals surface area contributed by atoms with Crippen LogP contribution in [0, 0.1) is 0 Å². The van der Waals surface area contributed by atoms with E-state index in [9.17, 15) is 13.2 Å². The van der Waals surface area contributed by atoms with Crippen molar-refractivity contribution in [2.75, 3.05) is 48.5 Å². The Labute approximate surface area is 216 Å². The normalized spacial score (nSPS) is 16.9. The van der Waals surface area contributed by atoms with Gasteiger partial charge in [-0.25, -0.2) is 13.4 Å². The van der Waals surface area contributed by atoms with Crippen LogP contribution in [0.4, 0.5) is 23.3 Å². The fourth-order valence-electron chi connectivity index (χ4n) is 4.54. The van der Waals surface area contributed by atoms with E-state index in [4.69, 9.17) is 0 Å². The molecule has 2 aliphatic rings. The summed E-state index contributed by atoms with van der Waals surface area (Å²) in [6.45, 7) is 1.85.